The Kier molecular flexibility index (Phi) is 7.30. The maximum atomic E-state index is 10.6. The first kappa shape index (κ1) is 20.1. The summed E-state index contributed by atoms with van der Waals surface area (Å²) in [5.41, 5.74) is 8.12. The SMILES string of the molecule is CCC(C)[C@H](O)[C@H](N)c1cc(OC)c(OC)cc1OCc1ccccc1. The molecule has 3 atom stereocenters. The zero-order chi connectivity index (χ0) is 19.1. The monoisotopic (exact) mass is 359 g/mol. The first-order chi connectivity index (χ1) is 12.5. The number of benzene rings is 2. The molecule has 0 aromatic heterocycles. The summed E-state index contributed by atoms with van der Waals surface area (Å²) in [7, 11) is 3.15. The van der Waals surface area contributed by atoms with E-state index in [2.05, 4.69) is 0 Å². The first-order valence-electron chi connectivity index (χ1n) is 8.88. The van der Waals surface area contributed by atoms with Crippen LogP contribution in [0.5, 0.6) is 17.2 Å². The summed E-state index contributed by atoms with van der Waals surface area (Å²) >= 11 is 0. The standard InChI is InChI=1S/C21H29NO4/c1-5-14(2)21(23)20(22)16-11-18(24-3)19(25-4)12-17(16)26-13-15-9-7-6-8-10-15/h6-12,14,20-21,23H,5,13,22H2,1-4H3/t14?,20-,21+/m1/s1. The van der Waals surface area contributed by atoms with Gasteiger partial charge in [-0.2, -0.15) is 0 Å². The van der Waals surface area contributed by atoms with E-state index in [9.17, 15) is 5.11 Å². The van der Waals surface area contributed by atoms with Gasteiger partial charge in [0.2, 0.25) is 0 Å². The molecule has 2 aromatic rings. The van der Waals surface area contributed by atoms with Crippen molar-refractivity contribution in [1.29, 1.82) is 0 Å². The smallest absolute Gasteiger partial charge is 0.164 e. The lowest BCUT2D eigenvalue weighted by Crippen LogP contribution is -2.32. The topological polar surface area (TPSA) is 73.9 Å². The van der Waals surface area contributed by atoms with Gasteiger partial charge in [0.1, 0.15) is 12.4 Å². The molecule has 2 aromatic carbocycles. The minimum Gasteiger partial charge on any atom is -0.493 e. The Morgan fingerprint density at radius 1 is 1.00 bits per heavy atom. The highest BCUT2D eigenvalue weighted by Crippen LogP contribution is 2.39. The van der Waals surface area contributed by atoms with Gasteiger partial charge in [0.05, 0.1) is 26.4 Å². The summed E-state index contributed by atoms with van der Waals surface area (Å²) in [4.78, 5) is 0. The molecule has 0 amide bonds. The van der Waals surface area contributed by atoms with Crippen molar-refractivity contribution in [2.24, 2.45) is 11.7 Å². The average molecular weight is 359 g/mol. The van der Waals surface area contributed by atoms with Crippen LogP contribution in [0.3, 0.4) is 0 Å². The van der Waals surface area contributed by atoms with Gasteiger partial charge in [0.25, 0.3) is 0 Å². The van der Waals surface area contributed by atoms with E-state index in [0.29, 0.717) is 29.4 Å². The second kappa shape index (κ2) is 9.46. The van der Waals surface area contributed by atoms with Crippen LogP contribution >= 0.6 is 0 Å². The second-order valence-corrected chi connectivity index (χ2v) is 6.42. The molecule has 0 aliphatic carbocycles. The predicted molar refractivity (Wildman–Crippen MR) is 103 cm³/mol. The summed E-state index contributed by atoms with van der Waals surface area (Å²) in [6, 6.07) is 12.8. The fourth-order valence-corrected chi connectivity index (χ4v) is 2.78. The van der Waals surface area contributed by atoms with E-state index in [1.165, 1.54) is 0 Å². The number of rotatable bonds is 9. The van der Waals surface area contributed by atoms with Crippen molar-refractivity contribution < 1.29 is 19.3 Å². The molecule has 0 aliphatic heterocycles. The van der Waals surface area contributed by atoms with Gasteiger partial charge in [-0.05, 0) is 17.5 Å². The molecule has 5 nitrogen and oxygen atoms in total. The van der Waals surface area contributed by atoms with Crippen molar-refractivity contribution in [3.63, 3.8) is 0 Å². The predicted octanol–water partition coefficient (Wildman–Crippen LogP) is 3.69. The molecule has 3 N–H and O–H groups in total. The van der Waals surface area contributed by atoms with Crippen molar-refractivity contribution in [1.82, 2.24) is 0 Å². The highest BCUT2D eigenvalue weighted by Gasteiger charge is 2.26. The van der Waals surface area contributed by atoms with Crippen molar-refractivity contribution in [2.75, 3.05) is 14.2 Å². The van der Waals surface area contributed by atoms with Crippen LogP contribution in [0.2, 0.25) is 0 Å². The van der Waals surface area contributed by atoms with E-state index in [1.54, 1.807) is 26.4 Å². The molecule has 0 saturated carbocycles. The lowest BCUT2D eigenvalue weighted by atomic mass is 9.91. The summed E-state index contributed by atoms with van der Waals surface area (Å²) in [6.45, 7) is 4.41. The fraction of sp³-hybridized carbons (Fsp3) is 0.429. The van der Waals surface area contributed by atoms with E-state index < -0.39 is 12.1 Å². The quantitative estimate of drug-likeness (QED) is 0.714. The van der Waals surface area contributed by atoms with E-state index in [1.807, 2.05) is 44.2 Å². The van der Waals surface area contributed by atoms with Gasteiger partial charge in [0.15, 0.2) is 11.5 Å². The van der Waals surface area contributed by atoms with Crippen LogP contribution in [0, 0.1) is 5.92 Å². The molecule has 0 radical (unpaired) electrons. The van der Waals surface area contributed by atoms with Gasteiger partial charge in [-0.25, -0.2) is 0 Å². The van der Waals surface area contributed by atoms with E-state index in [4.69, 9.17) is 19.9 Å². The van der Waals surface area contributed by atoms with Gasteiger partial charge in [-0.1, -0.05) is 50.6 Å². The number of hydrogen-bond donors (Lipinski definition) is 2. The number of aliphatic hydroxyl groups excluding tert-OH is 1. The molecular weight excluding hydrogens is 330 g/mol. The summed E-state index contributed by atoms with van der Waals surface area (Å²) in [6.07, 6.45) is 0.153. The Morgan fingerprint density at radius 3 is 2.19 bits per heavy atom. The molecule has 5 heteroatoms. The highest BCUT2D eigenvalue weighted by atomic mass is 16.5. The highest BCUT2D eigenvalue weighted by molar-refractivity contribution is 5.52. The minimum atomic E-state index is -0.683. The third-order valence-electron chi connectivity index (χ3n) is 4.71. The number of aliphatic hydroxyl groups is 1. The van der Waals surface area contributed by atoms with Gasteiger partial charge in [-0.3, -0.25) is 0 Å². The third kappa shape index (κ3) is 4.68. The normalized spacial score (nSPS) is 14.4. The molecule has 26 heavy (non-hydrogen) atoms. The van der Waals surface area contributed by atoms with Crippen LogP contribution in [-0.4, -0.2) is 25.4 Å². The van der Waals surface area contributed by atoms with Gasteiger partial charge in [-0.15, -0.1) is 0 Å². The van der Waals surface area contributed by atoms with Crippen molar-refractivity contribution >= 4 is 0 Å². The Bertz CT molecular complexity index is 690. The fourth-order valence-electron chi connectivity index (χ4n) is 2.78. The van der Waals surface area contributed by atoms with E-state index in [-0.39, 0.29) is 5.92 Å². The summed E-state index contributed by atoms with van der Waals surface area (Å²) in [5.74, 6) is 1.77. The van der Waals surface area contributed by atoms with Crippen LogP contribution in [-0.2, 0) is 6.61 Å². The molecule has 0 bridgehead atoms. The van der Waals surface area contributed by atoms with Crippen LogP contribution in [0.4, 0.5) is 0 Å². The Morgan fingerprint density at radius 2 is 1.62 bits per heavy atom. The minimum absolute atomic E-state index is 0.0695. The molecule has 0 saturated heterocycles. The molecule has 0 aliphatic rings. The van der Waals surface area contributed by atoms with Gasteiger partial charge in [0, 0.05) is 11.6 Å². The maximum absolute atomic E-state index is 10.6. The van der Waals surface area contributed by atoms with Gasteiger partial charge >= 0.3 is 0 Å². The Labute approximate surface area is 155 Å². The van der Waals surface area contributed by atoms with Crippen LogP contribution in [0.25, 0.3) is 0 Å². The molecule has 2 rings (SSSR count). The summed E-state index contributed by atoms with van der Waals surface area (Å²) in [5, 5.41) is 10.6. The zero-order valence-electron chi connectivity index (χ0n) is 15.9. The molecule has 0 spiro atoms. The van der Waals surface area contributed by atoms with Crippen LogP contribution in [0.15, 0.2) is 42.5 Å². The molecule has 1 unspecified atom stereocenters. The van der Waals surface area contributed by atoms with Crippen molar-refractivity contribution in [3.8, 4) is 17.2 Å². The number of nitrogens with two attached hydrogens (primary N) is 1. The van der Waals surface area contributed by atoms with Crippen LogP contribution < -0.4 is 19.9 Å². The lowest BCUT2D eigenvalue weighted by Gasteiger charge is -2.26. The van der Waals surface area contributed by atoms with Crippen molar-refractivity contribution in [2.45, 2.75) is 39.0 Å². The van der Waals surface area contributed by atoms with Gasteiger partial charge < -0.3 is 25.1 Å². The molecular formula is C21H29NO4. The Balaban J connectivity index is 2.36. The molecule has 0 fully saturated rings. The maximum Gasteiger partial charge on any atom is 0.164 e. The molecule has 142 valence electrons. The average Bonchev–Trinajstić information content (AvgIpc) is 2.70. The number of ether oxygens (including phenoxy) is 3. The van der Waals surface area contributed by atoms with Crippen LogP contribution in [0.1, 0.15) is 37.4 Å². The number of hydrogen-bond acceptors (Lipinski definition) is 5. The number of methoxy groups -OCH3 is 2. The largest absolute Gasteiger partial charge is 0.493 e. The Hall–Kier alpha value is -2.24. The summed E-state index contributed by atoms with van der Waals surface area (Å²) < 4.78 is 16.8. The van der Waals surface area contributed by atoms with E-state index in [0.717, 1.165) is 12.0 Å². The molecule has 0 heterocycles. The lowest BCUT2D eigenvalue weighted by molar-refractivity contribution is 0.0865. The zero-order valence-corrected chi connectivity index (χ0v) is 15.9. The van der Waals surface area contributed by atoms with E-state index >= 15 is 0 Å². The third-order valence-corrected chi connectivity index (χ3v) is 4.71. The second-order valence-electron chi connectivity index (χ2n) is 6.42. The van der Waals surface area contributed by atoms with Crippen molar-refractivity contribution in [3.05, 3.63) is 53.6 Å². The first-order valence-corrected chi connectivity index (χ1v) is 8.88.